The van der Waals surface area contributed by atoms with Crippen molar-refractivity contribution in [2.75, 3.05) is 13.1 Å². The molecule has 0 spiro atoms. The molecule has 0 radical (unpaired) electrons. The predicted molar refractivity (Wildman–Crippen MR) is 102 cm³/mol. The van der Waals surface area contributed by atoms with Gasteiger partial charge in [-0.25, -0.2) is 9.78 Å². The first-order chi connectivity index (χ1) is 12.7. The Morgan fingerprint density at radius 3 is 2.23 bits per heavy atom. The van der Waals surface area contributed by atoms with E-state index in [1.165, 1.54) is 5.56 Å². The molecule has 0 bridgehead atoms. The maximum atomic E-state index is 11.9. The van der Waals surface area contributed by atoms with Gasteiger partial charge in [-0.05, 0) is 31.0 Å². The van der Waals surface area contributed by atoms with Crippen LogP contribution in [0.15, 0.2) is 65.1 Å². The highest BCUT2D eigenvalue weighted by atomic mass is 16.4. The number of hydrogen-bond donors (Lipinski definition) is 2. The molecule has 2 amide bonds. The lowest BCUT2D eigenvalue weighted by molar-refractivity contribution is 0.241. The molecule has 1 heterocycles. The number of rotatable bonds is 7. The van der Waals surface area contributed by atoms with Gasteiger partial charge in [0.05, 0.1) is 5.69 Å². The van der Waals surface area contributed by atoms with Crippen LogP contribution in [0.3, 0.4) is 0 Å². The van der Waals surface area contributed by atoms with Crippen molar-refractivity contribution in [3.05, 3.63) is 77.7 Å². The van der Waals surface area contributed by atoms with Gasteiger partial charge in [0.15, 0.2) is 0 Å². The zero-order valence-electron chi connectivity index (χ0n) is 14.9. The first-order valence-electron chi connectivity index (χ1n) is 8.80. The fraction of sp³-hybridized carbons (Fsp3) is 0.238. The first kappa shape index (κ1) is 17.7. The van der Waals surface area contributed by atoms with Crippen LogP contribution in [0, 0.1) is 6.92 Å². The van der Waals surface area contributed by atoms with Crippen LogP contribution in [-0.4, -0.2) is 24.1 Å². The maximum Gasteiger partial charge on any atom is 0.314 e. The number of carbonyl (C=O) groups excluding carboxylic acids is 1. The molecule has 0 aliphatic heterocycles. The van der Waals surface area contributed by atoms with Crippen molar-refractivity contribution in [1.82, 2.24) is 15.6 Å². The number of hydrogen-bond acceptors (Lipinski definition) is 3. The van der Waals surface area contributed by atoms with Gasteiger partial charge in [-0.2, -0.15) is 0 Å². The van der Waals surface area contributed by atoms with Crippen LogP contribution >= 0.6 is 0 Å². The summed E-state index contributed by atoms with van der Waals surface area (Å²) in [7, 11) is 0. The van der Waals surface area contributed by atoms with Gasteiger partial charge in [0.25, 0.3) is 0 Å². The van der Waals surface area contributed by atoms with E-state index in [4.69, 9.17) is 4.42 Å². The average molecular weight is 349 g/mol. The van der Waals surface area contributed by atoms with Crippen LogP contribution < -0.4 is 10.6 Å². The molecule has 0 aliphatic rings. The summed E-state index contributed by atoms with van der Waals surface area (Å²) in [6.45, 7) is 3.02. The van der Waals surface area contributed by atoms with Crippen molar-refractivity contribution < 1.29 is 9.21 Å². The van der Waals surface area contributed by atoms with E-state index in [0.717, 1.165) is 23.4 Å². The molecule has 0 fully saturated rings. The molecule has 2 N–H and O–H groups in total. The maximum absolute atomic E-state index is 11.9. The zero-order chi connectivity index (χ0) is 18.2. The Hall–Kier alpha value is -3.08. The summed E-state index contributed by atoms with van der Waals surface area (Å²) >= 11 is 0. The lowest BCUT2D eigenvalue weighted by Gasteiger charge is -2.07. The minimum absolute atomic E-state index is 0.162. The van der Waals surface area contributed by atoms with E-state index in [1.54, 1.807) is 0 Å². The van der Waals surface area contributed by atoms with Gasteiger partial charge < -0.3 is 15.1 Å². The molecule has 3 aromatic rings. The second-order valence-corrected chi connectivity index (χ2v) is 6.06. The van der Waals surface area contributed by atoms with Crippen LogP contribution in [-0.2, 0) is 12.8 Å². The SMILES string of the molecule is Cc1oc(-c2ccccc2)nc1CCNC(=O)NCCc1ccccc1. The highest BCUT2D eigenvalue weighted by Crippen LogP contribution is 2.21. The van der Waals surface area contributed by atoms with Crippen LogP contribution in [0.4, 0.5) is 4.79 Å². The molecule has 0 unspecified atom stereocenters. The molecule has 134 valence electrons. The van der Waals surface area contributed by atoms with Crippen molar-refractivity contribution in [1.29, 1.82) is 0 Å². The Balaban J connectivity index is 1.42. The second kappa shape index (κ2) is 8.85. The average Bonchev–Trinajstić information content (AvgIpc) is 3.04. The van der Waals surface area contributed by atoms with Crippen LogP contribution in [0.25, 0.3) is 11.5 Å². The lowest BCUT2D eigenvalue weighted by Crippen LogP contribution is -2.37. The minimum atomic E-state index is -0.162. The molecule has 0 aliphatic carbocycles. The topological polar surface area (TPSA) is 67.2 Å². The fourth-order valence-corrected chi connectivity index (χ4v) is 2.69. The molecule has 0 atom stereocenters. The molecule has 3 rings (SSSR count). The Bertz CT molecular complexity index is 829. The van der Waals surface area contributed by atoms with Crippen molar-refractivity contribution in [2.45, 2.75) is 19.8 Å². The van der Waals surface area contributed by atoms with Gasteiger partial charge in [-0.15, -0.1) is 0 Å². The van der Waals surface area contributed by atoms with Gasteiger partial charge in [0, 0.05) is 25.1 Å². The summed E-state index contributed by atoms with van der Waals surface area (Å²) in [5.74, 6) is 1.40. The van der Waals surface area contributed by atoms with E-state index < -0.39 is 0 Å². The van der Waals surface area contributed by atoms with Crippen molar-refractivity contribution in [3.8, 4) is 11.5 Å². The van der Waals surface area contributed by atoms with Gasteiger partial charge >= 0.3 is 6.03 Å². The van der Waals surface area contributed by atoms with Crippen LogP contribution in [0.2, 0.25) is 0 Å². The molecular formula is C21H23N3O2. The Kier molecular flexibility index (Phi) is 6.04. The van der Waals surface area contributed by atoms with E-state index in [1.807, 2.05) is 55.5 Å². The molecule has 5 nitrogen and oxygen atoms in total. The molecule has 26 heavy (non-hydrogen) atoms. The zero-order valence-corrected chi connectivity index (χ0v) is 14.9. The first-order valence-corrected chi connectivity index (χ1v) is 8.80. The number of urea groups is 1. The summed E-state index contributed by atoms with van der Waals surface area (Å²) < 4.78 is 5.73. The standard InChI is InChI=1S/C21H23N3O2/c1-16-19(24-20(26-16)18-10-6-3-7-11-18)13-15-23-21(25)22-14-12-17-8-4-2-5-9-17/h2-11H,12-15H2,1H3,(H2,22,23,25). The van der Waals surface area contributed by atoms with Crippen LogP contribution in [0.1, 0.15) is 17.0 Å². The van der Waals surface area contributed by atoms with Gasteiger partial charge in [-0.1, -0.05) is 48.5 Å². The number of nitrogens with one attached hydrogen (secondary N) is 2. The fourth-order valence-electron chi connectivity index (χ4n) is 2.69. The number of aromatic nitrogens is 1. The summed E-state index contributed by atoms with van der Waals surface area (Å²) in [6.07, 6.45) is 1.45. The van der Waals surface area contributed by atoms with Crippen LogP contribution in [0.5, 0.6) is 0 Å². The number of nitrogens with zero attached hydrogens (tertiary/aromatic N) is 1. The quantitative estimate of drug-likeness (QED) is 0.683. The molecule has 5 heteroatoms. The minimum Gasteiger partial charge on any atom is -0.441 e. The third-order valence-electron chi connectivity index (χ3n) is 4.10. The van der Waals surface area contributed by atoms with E-state index >= 15 is 0 Å². The third kappa shape index (κ3) is 4.96. The predicted octanol–water partition coefficient (Wildman–Crippen LogP) is 3.73. The number of amides is 2. The number of aryl methyl sites for hydroxylation is 1. The van der Waals surface area contributed by atoms with Gasteiger partial charge in [-0.3, -0.25) is 0 Å². The summed E-state index contributed by atoms with van der Waals surface area (Å²) in [4.78, 5) is 16.4. The normalized spacial score (nSPS) is 10.5. The molecule has 1 aromatic heterocycles. The largest absolute Gasteiger partial charge is 0.441 e. The second-order valence-electron chi connectivity index (χ2n) is 6.06. The van der Waals surface area contributed by atoms with Crippen molar-refractivity contribution in [2.24, 2.45) is 0 Å². The molecule has 0 saturated heterocycles. The summed E-state index contributed by atoms with van der Waals surface area (Å²) in [5, 5.41) is 5.73. The smallest absolute Gasteiger partial charge is 0.314 e. The third-order valence-corrected chi connectivity index (χ3v) is 4.10. The Morgan fingerprint density at radius 1 is 0.923 bits per heavy atom. The van der Waals surface area contributed by atoms with Crippen molar-refractivity contribution in [3.63, 3.8) is 0 Å². The Morgan fingerprint density at radius 2 is 1.54 bits per heavy atom. The number of oxazole rings is 1. The van der Waals surface area contributed by atoms with E-state index in [-0.39, 0.29) is 6.03 Å². The highest BCUT2D eigenvalue weighted by molar-refractivity contribution is 5.73. The molecule has 0 saturated carbocycles. The van der Waals surface area contributed by atoms with Gasteiger partial charge in [0.2, 0.25) is 5.89 Å². The highest BCUT2D eigenvalue weighted by Gasteiger charge is 2.11. The van der Waals surface area contributed by atoms with E-state index in [9.17, 15) is 4.79 Å². The van der Waals surface area contributed by atoms with Gasteiger partial charge in [0.1, 0.15) is 5.76 Å². The van der Waals surface area contributed by atoms with E-state index in [2.05, 4.69) is 27.8 Å². The Labute approximate surface area is 153 Å². The molecular weight excluding hydrogens is 326 g/mol. The monoisotopic (exact) mass is 349 g/mol. The summed E-state index contributed by atoms with van der Waals surface area (Å²) in [5.41, 5.74) is 3.03. The lowest BCUT2D eigenvalue weighted by atomic mass is 10.1. The number of benzene rings is 2. The van der Waals surface area contributed by atoms with Crippen molar-refractivity contribution >= 4 is 6.03 Å². The summed E-state index contributed by atoms with van der Waals surface area (Å²) in [6, 6.07) is 19.7. The van der Waals surface area contributed by atoms with E-state index in [0.29, 0.717) is 25.4 Å². The molecule has 2 aromatic carbocycles. The number of carbonyl (C=O) groups is 1.